The van der Waals surface area contributed by atoms with Gasteiger partial charge >= 0.3 is 0 Å². The molecule has 5 nitrogen and oxygen atoms in total. The minimum Gasteiger partial charge on any atom is -0.497 e. The zero-order valence-electron chi connectivity index (χ0n) is 16.6. The van der Waals surface area contributed by atoms with E-state index in [0.717, 1.165) is 42.3 Å². The second-order valence-corrected chi connectivity index (χ2v) is 8.48. The minimum atomic E-state index is -1.06. The van der Waals surface area contributed by atoms with Crippen LogP contribution in [-0.2, 0) is 17.3 Å². The SMILES string of the molecule is COc1cccc(CN2CC(Oc3ccc(-c4ccc(S(C)=O)nc4)cc3)C2)c1. The summed E-state index contributed by atoms with van der Waals surface area (Å²) in [7, 11) is 0.633. The van der Waals surface area contributed by atoms with Crippen molar-refractivity contribution in [3.8, 4) is 22.6 Å². The summed E-state index contributed by atoms with van der Waals surface area (Å²) in [6.07, 6.45) is 3.61. The lowest BCUT2D eigenvalue weighted by molar-refractivity contribution is 0.0145. The Labute approximate surface area is 173 Å². The van der Waals surface area contributed by atoms with E-state index < -0.39 is 10.8 Å². The third-order valence-electron chi connectivity index (χ3n) is 4.99. The van der Waals surface area contributed by atoms with E-state index >= 15 is 0 Å². The molecule has 4 rings (SSSR count). The number of rotatable bonds is 7. The van der Waals surface area contributed by atoms with Crippen molar-refractivity contribution in [2.75, 3.05) is 26.5 Å². The van der Waals surface area contributed by atoms with Gasteiger partial charge in [-0.1, -0.05) is 30.3 Å². The van der Waals surface area contributed by atoms with Gasteiger partial charge in [0.05, 0.1) is 17.9 Å². The molecule has 1 aliphatic heterocycles. The number of ether oxygens (including phenoxy) is 2. The highest BCUT2D eigenvalue weighted by Gasteiger charge is 2.28. The molecule has 2 heterocycles. The lowest BCUT2D eigenvalue weighted by Crippen LogP contribution is -2.53. The third-order valence-corrected chi connectivity index (χ3v) is 5.82. The highest BCUT2D eigenvalue weighted by molar-refractivity contribution is 7.84. The van der Waals surface area contributed by atoms with Crippen molar-refractivity contribution in [1.82, 2.24) is 9.88 Å². The molecule has 2 aromatic carbocycles. The first-order valence-electron chi connectivity index (χ1n) is 9.52. The van der Waals surface area contributed by atoms with Crippen molar-refractivity contribution >= 4 is 10.8 Å². The molecule has 0 radical (unpaired) electrons. The van der Waals surface area contributed by atoms with E-state index in [0.29, 0.717) is 5.03 Å². The van der Waals surface area contributed by atoms with Crippen LogP contribution in [0.5, 0.6) is 11.5 Å². The third kappa shape index (κ3) is 4.83. The maximum atomic E-state index is 11.5. The molecular formula is C23H24N2O3S. The molecule has 6 heteroatoms. The molecule has 0 aliphatic carbocycles. The Morgan fingerprint density at radius 2 is 1.79 bits per heavy atom. The van der Waals surface area contributed by atoms with E-state index in [1.807, 2.05) is 42.5 Å². The van der Waals surface area contributed by atoms with Crippen LogP contribution < -0.4 is 9.47 Å². The van der Waals surface area contributed by atoms with Gasteiger partial charge in [-0.05, 0) is 41.5 Å². The smallest absolute Gasteiger partial charge is 0.126 e. The van der Waals surface area contributed by atoms with Crippen LogP contribution in [-0.4, -0.2) is 46.7 Å². The van der Waals surface area contributed by atoms with Gasteiger partial charge in [0, 0.05) is 37.7 Å². The fourth-order valence-corrected chi connectivity index (χ4v) is 3.86. The van der Waals surface area contributed by atoms with Crippen molar-refractivity contribution in [3.63, 3.8) is 0 Å². The number of benzene rings is 2. The van der Waals surface area contributed by atoms with Crippen molar-refractivity contribution in [2.45, 2.75) is 17.7 Å². The summed E-state index contributed by atoms with van der Waals surface area (Å²) < 4.78 is 22.8. The second kappa shape index (κ2) is 8.76. The number of hydrogen-bond donors (Lipinski definition) is 0. The zero-order chi connectivity index (χ0) is 20.2. The minimum absolute atomic E-state index is 0.215. The number of methoxy groups -OCH3 is 1. The van der Waals surface area contributed by atoms with E-state index in [1.54, 1.807) is 25.6 Å². The topological polar surface area (TPSA) is 51.7 Å². The highest BCUT2D eigenvalue weighted by atomic mass is 32.2. The average molecular weight is 409 g/mol. The maximum absolute atomic E-state index is 11.5. The lowest BCUT2D eigenvalue weighted by atomic mass is 10.1. The number of nitrogens with zero attached hydrogens (tertiary/aromatic N) is 2. The fourth-order valence-electron chi connectivity index (χ4n) is 3.39. The molecule has 0 amide bonds. The Balaban J connectivity index is 1.29. The van der Waals surface area contributed by atoms with Gasteiger partial charge in [0.1, 0.15) is 22.6 Å². The molecule has 1 aromatic heterocycles. The first kappa shape index (κ1) is 19.6. The Morgan fingerprint density at radius 3 is 2.45 bits per heavy atom. The van der Waals surface area contributed by atoms with Gasteiger partial charge in [0.2, 0.25) is 0 Å². The molecule has 1 saturated heterocycles. The summed E-state index contributed by atoms with van der Waals surface area (Å²) >= 11 is 0. The summed E-state index contributed by atoms with van der Waals surface area (Å²) in [4.78, 5) is 6.62. The number of aromatic nitrogens is 1. The van der Waals surface area contributed by atoms with Gasteiger partial charge in [0.25, 0.3) is 0 Å². The molecule has 1 atom stereocenters. The van der Waals surface area contributed by atoms with Crippen molar-refractivity contribution in [1.29, 1.82) is 0 Å². The fraction of sp³-hybridized carbons (Fsp3) is 0.261. The zero-order valence-corrected chi connectivity index (χ0v) is 17.4. The molecule has 1 unspecified atom stereocenters. The Morgan fingerprint density at radius 1 is 1.03 bits per heavy atom. The molecule has 150 valence electrons. The number of likely N-dealkylation sites (tertiary alicyclic amines) is 1. The van der Waals surface area contributed by atoms with Crippen molar-refractivity contribution < 1.29 is 13.7 Å². The predicted octanol–water partition coefficient (Wildman–Crippen LogP) is 3.76. The molecule has 0 N–H and O–H groups in total. The van der Waals surface area contributed by atoms with Crippen LogP contribution in [0.3, 0.4) is 0 Å². The molecule has 29 heavy (non-hydrogen) atoms. The van der Waals surface area contributed by atoms with Crippen molar-refractivity contribution in [2.24, 2.45) is 0 Å². The van der Waals surface area contributed by atoms with Crippen LogP contribution in [0.4, 0.5) is 0 Å². The van der Waals surface area contributed by atoms with Gasteiger partial charge in [-0.3, -0.25) is 9.11 Å². The van der Waals surface area contributed by atoms with Gasteiger partial charge in [-0.15, -0.1) is 0 Å². The monoisotopic (exact) mass is 408 g/mol. The Kier molecular flexibility index (Phi) is 5.92. The molecular weight excluding hydrogens is 384 g/mol. The normalized spacial score (nSPS) is 15.5. The summed E-state index contributed by atoms with van der Waals surface area (Å²) in [6, 6.07) is 20.0. The van der Waals surface area contributed by atoms with Crippen LogP contribution in [0.15, 0.2) is 71.9 Å². The van der Waals surface area contributed by atoms with Crippen LogP contribution in [0.25, 0.3) is 11.1 Å². The maximum Gasteiger partial charge on any atom is 0.126 e. The Bertz CT molecular complexity index is 984. The first-order chi connectivity index (χ1) is 14.1. The summed E-state index contributed by atoms with van der Waals surface area (Å²) in [5.41, 5.74) is 3.31. The largest absolute Gasteiger partial charge is 0.497 e. The van der Waals surface area contributed by atoms with E-state index in [2.05, 4.69) is 22.0 Å². The molecule has 1 aliphatic rings. The quantitative estimate of drug-likeness (QED) is 0.596. The molecule has 0 saturated carbocycles. The number of pyridine rings is 1. The lowest BCUT2D eigenvalue weighted by Gasteiger charge is -2.39. The highest BCUT2D eigenvalue weighted by Crippen LogP contribution is 2.25. The first-order valence-corrected chi connectivity index (χ1v) is 11.1. The van der Waals surface area contributed by atoms with Crippen LogP contribution in [0, 0.1) is 0 Å². The van der Waals surface area contributed by atoms with E-state index in [-0.39, 0.29) is 6.10 Å². The van der Waals surface area contributed by atoms with Gasteiger partial charge in [0.15, 0.2) is 0 Å². The summed E-state index contributed by atoms with van der Waals surface area (Å²) in [5, 5.41) is 0.595. The average Bonchev–Trinajstić information content (AvgIpc) is 2.73. The summed E-state index contributed by atoms with van der Waals surface area (Å²) in [5.74, 6) is 1.77. The van der Waals surface area contributed by atoms with Crippen LogP contribution in [0.2, 0.25) is 0 Å². The van der Waals surface area contributed by atoms with Gasteiger partial charge in [-0.2, -0.15) is 0 Å². The van der Waals surface area contributed by atoms with E-state index in [1.165, 1.54) is 5.56 Å². The predicted molar refractivity (Wildman–Crippen MR) is 115 cm³/mol. The molecule has 1 fully saturated rings. The van der Waals surface area contributed by atoms with E-state index in [9.17, 15) is 4.21 Å². The van der Waals surface area contributed by atoms with Crippen LogP contribution in [0.1, 0.15) is 5.56 Å². The molecule has 0 bridgehead atoms. The van der Waals surface area contributed by atoms with Gasteiger partial charge < -0.3 is 9.47 Å². The van der Waals surface area contributed by atoms with Gasteiger partial charge in [-0.25, -0.2) is 4.98 Å². The molecule has 3 aromatic rings. The number of hydrogen-bond acceptors (Lipinski definition) is 5. The van der Waals surface area contributed by atoms with E-state index in [4.69, 9.17) is 9.47 Å². The second-order valence-electron chi connectivity index (χ2n) is 7.15. The van der Waals surface area contributed by atoms with Crippen molar-refractivity contribution in [3.05, 3.63) is 72.4 Å². The standard InChI is InChI=1S/C23H24N2O3S/c1-27-21-5-3-4-17(12-21)14-25-15-22(16-25)28-20-9-6-18(7-10-20)19-8-11-23(24-13-19)29(2)26/h3-13,22H,14-16H2,1-2H3. The van der Waals surface area contributed by atoms with Crippen LogP contribution >= 0.6 is 0 Å². The summed E-state index contributed by atoms with van der Waals surface area (Å²) in [6.45, 7) is 2.73. The molecule has 0 spiro atoms. The Hall–Kier alpha value is -2.70.